The summed E-state index contributed by atoms with van der Waals surface area (Å²) in [4.78, 5) is 0. The molecule has 1 aromatic rings. The summed E-state index contributed by atoms with van der Waals surface area (Å²) in [6.07, 6.45) is -9.21. The second-order valence-electron chi connectivity index (χ2n) is 3.58. The molecule has 0 heterocycles. The molecule has 3 nitrogen and oxygen atoms in total. The number of nitriles is 1. The number of ether oxygens (including phenoxy) is 2. The van der Waals surface area contributed by atoms with Crippen LogP contribution < -0.4 is 9.47 Å². The van der Waals surface area contributed by atoms with Crippen molar-refractivity contribution in [2.75, 3.05) is 13.2 Å². The number of hydrogen-bond donors (Lipinski definition) is 0. The van der Waals surface area contributed by atoms with E-state index in [0.717, 1.165) is 18.2 Å². The number of nitrogens with zero attached hydrogens (tertiary/aromatic N) is 1. The molecule has 0 aromatic heterocycles. The van der Waals surface area contributed by atoms with Gasteiger partial charge in [0.1, 0.15) is 17.6 Å². The van der Waals surface area contributed by atoms with Crippen molar-refractivity contribution in [2.24, 2.45) is 0 Å². The summed E-state index contributed by atoms with van der Waals surface area (Å²) in [5, 5.41) is 8.67. The van der Waals surface area contributed by atoms with E-state index in [-0.39, 0.29) is 11.3 Å². The number of alkyl halides is 6. The minimum atomic E-state index is -4.63. The van der Waals surface area contributed by atoms with Crippen molar-refractivity contribution in [3.8, 4) is 17.6 Å². The lowest BCUT2D eigenvalue weighted by Crippen LogP contribution is -2.20. The fourth-order valence-corrected chi connectivity index (χ4v) is 1.13. The quantitative estimate of drug-likeness (QED) is 0.800. The summed E-state index contributed by atoms with van der Waals surface area (Å²) in [5.41, 5.74) is -0.242. The number of hydrogen-bond acceptors (Lipinski definition) is 3. The molecule has 0 saturated carbocycles. The van der Waals surface area contributed by atoms with E-state index in [1.165, 1.54) is 0 Å². The molecule has 1 aromatic carbocycles. The number of halogens is 6. The summed E-state index contributed by atoms with van der Waals surface area (Å²) in [7, 11) is 0. The predicted octanol–water partition coefficient (Wildman–Crippen LogP) is 3.44. The third-order valence-electron chi connectivity index (χ3n) is 1.87. The van der Waals surface area contributed by atoms with Crippen LogP contribution in [0.2, 0.25) is 0 Å². The molecule has 20 heavy (non-hydrogen) atoms. The Hall–Kier alpha value is -2.11. The molecule has 0 spiro atoms. The van der Waals surface area contributed by atoms with Crippen molar-refractivity contribution in [3.63, 3.8) is 0 Å². The summed E-state index contributed by atoms with van der Waals surface area (Å²) in [6, 6.07) is 4.41. The average molecular weight is 299 g/mol. The molecule has 1 rings (SSSR count). The molecule has 0 fully saturated rings. The van der Waals surface area contributed by atoms with Crippen LogP contribution in [0.4, 0.5) is 26.3 Å². The highest BCUT2D eigenvalue weighted by atomic mass is 19.4. The maximum Gasteiger partial charge on any atom is 0.422 e. The van der Waals surface area contributed by atoms with Crippen LogP contribution in [0.15, 0.2) is 18.2 Å². The summed E-state index contributed by atoms with van der Waals surface area (Å²) in [6.45, 7) is -3.26. The monoisotopic (exact) mass is 299 g/mol. The van der Waals surface area contributed by atoms with E-state index < -0.39 is 31.3 Å². The minimum absolute atomic E-state index is 0.242. The normalized spacial score (nSPS) is 11.8. The van der Waals surface area contributed by atoms with Crippen LogP contribution in [0.5, 0.6) is 11.5 Å². The van der Waals surface area contributed by atoms with Crippen LogP contribution in [0.1, 0.15) is 5.56 Å². The Morgan fingerprint density at radius 1 is 0.950 bits per heavy atom. The predicted molar refractivity (Wildman–Crippen MR) is 54.3 cm³/mol. The van der Waals surface area contributed by atoms with Crippen LogP contribution in [-0.2, 0) is 0 Å². The van der Waals surface area contributed by atoms with E-state index in [2.05, 4.69) is 9.47 Å². The van der Waals surface area contributed by atoms with E-state index in [4.69, 9.17) is 5.26 Å². The van der Waals surface area contributed by atoms with E-state index >= 15 is 0 Å². The molecule has 0 N–H and O–H groups in total. The van der Waals surface area contributed by atoms with Gasteiger partial charge in [-0.2, -0.15) is 31.6 Å². The minimum Gasteiger partial charge on any atom is -0.484 e. The largest absolute Gasteiger partial charge is 0.484 e. The molecule has 0 amide bonds. The third-order valence-corrected chi connectivity index (χ3v) is 1.87. The Morgan fingerprint density at radius 3 is 2.00 bits per heavy atom. The fraction of sp³-hybridized carbons (Fsp3) is 0.364. The first-order valence-corrected chi connectivity index (χ1v) is 5.04. The molecule has 0 aliphatic heterocycles. The molecule has 0 aliphatic rings. The highest BCUT2D eigenvalue weighted by molar-refractivity contribution is 5.47. The first-order valence-electron chi connectivity index (χ1n) is 5.04. The topological polar surface area (TPSA) is 42.2 Å². The van der Waals surface area contributed by atoms with Gasteiger partial charge in [0.2, 0.25) is 0 Å². The second kappa shape index (κ2) is 5.90. The molecule has 0 radical (unpaired) electrons. The third kappa shape index (κ3) is 5.69. The van der Waals surface area contributed by atoms with Gasteiger partial charge >= 0.3 is 12.4 Å². The molecule has 0 bridgehead atoms. The van der Waals surface area contributed by atoms with Gasteiger partial charge in [-0.15, -0.1) is 0 Å². The fourth-order valence-electron chi connectivity index (χ4n) is 1.13. The number of rotatable bonds is 4. The first kappa shape index (κ1) is 15.9. The molecule has 110 valence electrons. The lowest BCUT2D eigenvalue weighted by atomic mass is 10.2. The van der Waals surface area contributed by atoms with E-state index in [1.54, 1.807) is 6.07 Å². The maximum atomic E-state index is 12.0. The molecule has 0 unspecified atom stereocenters. The van der Waals surface area contributed by atoms with Crippen molar-refractivity contribution < 1.29 is 35.8 Å². The zero-order valence-electron chi connectivity index (χ0n) is 9.68. The van der Waals surface area contributed by atoms with Crippen LogP contribution in [-0.4, -0.2) is 25.6 Å². The van der Waals surface area contributed by atoms with E-state index in [0.29, 0.717) is 0 Å². The standard InChI is InChI=1S/C11H7F6NO2/c12-10(13,14)5-19-8-2-1-7(4-18)9(3-8)20-6-11(15,16)17/h1-3H,5-6H2. The van der Waals surface area contributed by atoms with Gasteiger partial charge in [0.25, 0.3) is 0 Å². The van der Waals surface area contributed by atoms with Crippen LogP contribution in [0, 0.1) is 11.3 Å². The average Bonchev–Trinajstić information content (AvgIpc) is 2.32. The summed E-state index contributed by atoms with van der Waals surface area (Å²) >= 11 is 0. The van der Waals surface area contributed by atoms with Gasteiger partial charge in [-0.25, -0.2) is 0 Å². The van der Waals surface area contributed by atoms with E-state index in [9.17, 15) is 26.3 Å². The molecular formula is C11H7F6NO2. The Labute approximate surface area is 109 Å². The van der Waals surface area contributed by atoms with Crippen LogP contribution >= 0.6 is 0 Å². The maximum absolute atomic E-state index is 12.0. The molecule has 0 aliphatic carbocycles. The van der Waals surface area contributed by atoms with Crippen LogP contribution in [0.25, 0.3) is 0 Å². The van der Waals surface area contributed by atoms with Crippen molar-refractivity contribution in [1.82, 2.24) is 0 Å². The highest BCUT2D eigenvalue weighted by Crippen LogP contribution is 2.27. The molecule has 0 saturated heterocycles. The van der Waals surface area contributed by atoms with Gasteiger partial charge in [-0.1, -0.05) is 0 Å². The van der Waals surface area contributed by atoms with Gasteiger partial charge in [-0.3, -0.25) is 0 Å². The smallest absolute Gasteiger partial charge is 0.422 e. The first-order chi connectivity index (χ1) is 9.11. The van der Waals surface area contributed by atoms with Gasteiger partial charge in [0.05, 0.1) is 5.56 Å². The second-order valence-corrected chi connectivity index (χ2v) is 3.58. The lowest BCUT2D eigenvalue weighted by Gasteiger charge is -2.13. The Balaban J connectivity index is 2.84. The molecular weight excluding hydrogens is 292 g/mol. The zero-order valence-corrected chi connectivity index (χ0v) is 9.68. The SMILES string of the molecule is N#Cc1ccc(OCC(F)(F)F)cc1OCC(F)(F)F. The molecule has 9 heteroatoms. The van der Waals surface area contributed by atoms with Gasteiger partial charge in [0.15, 0.2) is 13.2 Å². The van der Waals surface area contributed by atoms with Crippen molar-refractivity contribution in [3.05, 3.63) is 23.8 Å². The van der Waals surface area contributed by atoms with Gasteiger partial charge in [-0.05, 0) is 12.1 Å². The van der Waals surface area contributed by atoms with Crippen molar-refractivity contribution >= 4 is 0 Å². The number of benzene rings is 1. The molecule has 0 atom stereocenters. The van der Waals surface area contributed by atoms with Gasteiger partial charge < -0.3 is 9.47 Å². The summed E-state index contributed by atoms with van der Waals surface area (Å²) in [5.74, 6) is -0.844. The Morgan fingerprint density at radius 2 is 1.50 bits per heavy atom. The van der Waals surface area contributed by atoms with Crippen molar-refractivity contribution in [1.29, 1.82) is 5.26 Å². The van der Waals surface area contributed by atoms with E-state index in [1.807, 2.05) is 0 Å². The van der Waals surface area contributed by atoms with Crippen LogP contribution in [0.3, 0.4) is 0 Å². The highest BCUT2D eigenvalue weighted by Gasteiger charge is 2.30. The van der Waals surface area contributed by atoms with Crippen molar-refractivity contribution in [2.45, 2.75) is 12.4 Å². The van der Waals surface area contributed by atoms with Gasteiger partial charge in [0, 0.05) is 6.07 Å². The Kier molecular flexibility index (Phi) is 4.70. The lowest BCUT2D eigenvalue weighted by molar-refractivity contribution is -0.153. The Bertz CT molecular complexity index is 503. The zero-order chi connectivity index (χ0) is 15.4. The summed E-state index contributed by atoms with van der Waals surface area (Å²) < 4.78 is 80.5.